The Morgan fingerprint density at radius 3 is 1.98 bits per heavy atom. The number of anilines is 1. The fraction of sp³-hybridized carbons (Fsp3) is 0.278. The average molecular weight is 658 g/mol. The van der Waals surface area contributed by atoms with Crippen LogP contribution in [0.3, 0.4) is 0 Å². The molecule has 3 aromatic rings. The summed E-state index contributed by atoms with van der Waals surface area (Å²) in [4.78, 5) is 30.6. The summed E-state index contributed by atoms with van der Waals surface area (Å²) in [7, 11) is 0. The highest BCUT2D eigenvalue weighted by molar-refractivity contribution is 8.29. The highest BCUT2D eigenvalue weighted by Crippen LogP contribution is 2.73. The monoisotopic (exact) mass is 657 g/mol. The first kappa shape index (κ1) is 31.5. The first-order valence-electron chi connectivity index (χ1n) is 15.0. The van der Waals surface area contributed by atoms with Crippen molar-refractivity contribution >= 4 is 69.0 Å². The van der Waals surface area contributed by atoms with Gasteiger partial charge >= 0.3 is 11.9 Å². The van der Waals surface area contributed by atoms with Gasteiger partial charge in [-0.25, -0.2) is 9.59 Å². The summed E-state index contributed by atoms with van der Waals surface area (Å²) in [5.74, 6) is -0.0160. The third-order valence-corrected chi connectivity index (χ3v) is 12.4. The lowest BCUT2D eigenvalue weighted by Gasteiger charge is -2.47. The maximum absolute atomic E-state index is 14.0. The topological polar surface area (TPSA) is 73.9 Å². The van der Waals surface area contributed by atoms with Crippen molar-refractivity contribution in [3.8, 4) is 5.75 Å². The highest BCUT2D eigenvalue weighted by Gasteiger charge is 2.57. The molecule has 0 amide bonds. The molecule has 1 atom stereocenters. The van der Waals surface area contributed by atoms with Crippen LogP contribution in [0, 0.1) is 0 Å². The Morgan fingerprint density at radius 1 is 0.733 bits per heavy atom. The van der Waals surface area contributed by atoms with Gasteiger partial charge in [-0.2, -0.15) is 0 Å². The Labute approximate surface area is 277 Å². The predicted molar refractivity (Wildman–Crippen MR) is 188 cm³/mol. The number of rotatable bonds is 8. The van der Waals surface area contributed by atoms with Gasteiger partial charge in [-0.1, -0.05) is 95.9 Å². The smallest absolute Gasteiger partial charge is 0.345 e. The van der Waals surface area contributed by atoms with Gasteiger partial charge in [0.1, 0.15) is 19.6 Å². The molecule has 0 aliphatic carbocycles. The van der Waals surface area contributed by atoms with Crippen LogP contribution in [0.2, 0.25) is 0 Å². The van der Waals surface area contributed by atoms with Crippen molar-refractivity contribution in [1.29, 1.82) is 0 Å². The predicted octanol–water partition coefficient (Wildman–Crippen LogP) is 8.83. The quantitative estimate of drug-likeness (QED) is 0.239. The summed E-state index contributed by atoms with van der Waals surface area (Å²) in [6.07, 6.45) is 0. The fourth-order valence-corrected chi connectivity index (χ4v) is 11.0. The summed E-state index contributed by atoms with van der Waals surface area (Å²) < 4.78 is 16.4. The molecule has 0 saturated carbocycles. The van der Waals surface area contributed by atoms with Gasteiger partial charge in [0.15, 0.2) is 0 Å². The first-order chi connectivity index (χ1) is 21.7. The van der Waals surface area contributed by atoms with Crippen molar-refractivity contribution in [1.82, 2.24) is 0 Å². The normalized spacial score (nSPS) is 20.0. The van der Waals surface area contributed by atoms with Crippen LogP contribution >= 0.6 is 35.3 Å². The number of nitrogens with one attached hydrogen (secondary N) is 1. The second-order valence-electron chi connectivity index (χ2n) is 11.1. The Hall–Kier alpha value is -3.53. The lowest BCUT2D eigenvalue weighted by atomic mass is 9.83. The number of esters is 2. The van der Waals surface area contributed by atoms with Gasteiger partial charge < -0.3 is 19.5 Å². The van der Waals surface area contributed by atoms with Crippen molar-refractivity contribution in [2.24, 2.45) is 0 Å². The molecule has 3 aliphatic heterocycles. The summed E-state index contributed by atoms with van der Waals surface area (Å²) in [5.41, 5.74) is 5.01. The number of hydrogen-bond acceptors (Lipinski definition) is 9. The van der Waals surface area contributed by atoms with E-state index in [9.17, 15) is 9.59 Å². The van der Waals surface area contributed by atoms with Crippen molar-refractivity contribution in [2.75, 3.05) is 25.1 Å². The van der Waals surface area contributed by atoms with E-state index in [0.717, 1.165) is 49.1 Å². The zero-order valence-corrected chi connectivity index (χ0v) is 28.3. The molecule has 0 fully saturated rings. The van der Waals surface area contributed by atoms with Crippen molar-refractivity contribution in [3.05, 3.63) is 110 Å². The molecule has 3 aromatic carbocycles. The number of carbonyl (C=O) groups excluding carboxylic acids is 2. The second-order valence-corrected chi connectivity index (χ2v) is 14.8. The maximum atomic E-state index is 14.0. The molecular weight excluding hydrogens is 623 g/mol. The number of ether oxygens (including phenoxy) is 3. The molecule has 1 N–H and O–H groups in total. The summed E-state index contributed by atoms with van der Waals surface area (Å²) in [5, 5.41) is 3.72. The number of benzene rings is 3. The van der Waals surface area contributed by atoms with Crippen LogP contribution < -0.4 is 10.1 Å². The fourth-order valence-electron chi connectivity index (χ4n) is 5.84. The molecule has 9 heteroatoms. The third kappa shape index (κ3) is 5.59. The van der Waals surface area contributed by atoms with E-state index in [1.165, 1.54) is 23.5 Å². The van der Waals surface area contributed by atoms with E-state index in [-0.39, 0.29) is 25.2 Å². The molecule has 3 aliphatic rings. The highest BCUT2D eigenvalue weighted by atomic mass is 32.2. The van der Waals surface area contributed by atoms with E-state index >= 15 is 0 Å². The molecule has 0 radical (unpaired) electrons. The maximum Gasteiger partial charge on any atom is 0.345 e. The molecular formula is C36H35NO5S3. The molecule has 0 bridgehead atoms. The Balaban J connectivity index is 1.71. The Bertz CT molecular complexity index is 1750. The lowest BCUT2D eigenvalue weighted by Crippen LogP contribution is -2.42. The number of hydrogen-bond donors (Lipinski definition) is 1. The molecule has 45 heavy (non-hydrogen) atoms. The van der Waals surface area contributed by atoms with Crippen LogP contribution in [0.4, 0.5) is 5.69 Å². The minimum atomic E-state index is -0.948. The van der Waals surface area contributed by atoms with Gasteiger partial charge in [-0.3, -0.25) is 0 Å². The molecule has 232 valence electrons. The Morgan fingerprint density at radius 2 is 1.36 bits per heavy atom. The minimum Gasteiger partial charge on any atom is -0.494 e. The molecule has 6 nitrogen and oxygen atoms in total. The van der Waals surface area contributed by atoms with Crippen LogP contribution in [-0.2, 0) is 19.1 Å². The Kier molecular flexibility index (Phi) is 8.87. The van der Waals surface area contributed by atoms with Crippen LogP contribution in [0.1, 0.15) is 51.3 Å². The van der Waals surface area contributed by atoms with E-state index < -0.39 is 9.62 Å². The van der Waals surface area contributed by atoms with Crippen LogP contribution in [0.15, 0.2) is 93.6 Å². The number of carbonyl (C=O) groups is 2. The zero-order valence-electron chi connectivity index (χ0n) is 25.9. The van der Waals surface area contributed by atoms with Gasteiger partial charge in [0.25, 0.3) is 0 Å². The molecule has 6 rings (SSSR count). The van der Waals surface area contributed by atoms with Gasteiger partial charge in [0, 0.05) is 32.2 Å². The van der Waals surface area contributed by atoms with Crippen molar-refractivity contribution in [3.63, 3.8) is 0 Å². The average Bonchev–Trinajstić information content (AvgIpc) is 3.43. The van der Waals surface area contributed by atoms with Crippen LogP contribution in [-0.4, -0.2) is 41.4 Å². The molecule has 3 heterocycles. The third-order valence-electron chi connectivity index (χ3n) is 7.62. The molecule has 1 spiro atoms. The van der Waals surface area contributed by atoms with E-state index in [1.54, 1.807) is 11.8 Å². The summed E-state index contributed by atoms with van der Waals surface area (Å²) in [6, 6.07) is 26.0. The van der Waals surface area contributed by atoms with E-state index in [2.05, 4.69) is 31.3 Å². The van der Waals surface area contributed by atoms with Gasteiger partial charge in [0.2, 0.25) is 0 Å². The molecule has 0 saturated heterocycles. The summed E-state index contributed by atoms with van der Waals surface area (Å²) >= 11 is 4.51. The van der Waals surface area contributed by atoms with E-state index in [1.807, 2.05) is 87.5 Å². The van der Waals surface area contributed by atoms with Gasteiger partial charge in [-0.05, 0) is 63.9 Å². The van der Waals surface area contributed by atoms with Crippen molar-refractivity contribution < 1.29 is 23.8 Å². The SMILES string of the molecule is CCOC(=O)C1=C(c2ccccc2)S[C@@]2(S1)C(c1ccccc1)=C(C(=O)OCC)SC1=C2c2cc(OCC)ccc2NC1(C)C. The molecule has 0 unspecified atom stereocenters. The summed E-state index contributed by atoms with van der Waals surface area (Å²) in [6.45, 7) is 10.9. The zero-order chi connectivity index (χ0) is 31.8. The minimum absolute atomic E-state index is 0.244. The standard InChI is InChI=1S/C36H35NO5S3/c1-6-40-24-19-20-26-25(21-24)28-32(35(4,5)37-26)43-30(33(38)41-7-2)27(22-15-11-9-12-16-22)36(28)44-29(23-17-13-10-14-18-23)31(45-36)34(39)42-8-3/h9-21,37H,6-8H2,1-5H3/t36-/m1/s1. The van der Waals surface area contributed by atoms with Crippen molar-refractivity contribution in [2.45, 2.75) is 44.2 Å². The van der Waals surface area contributed by atoms with Crippen LogP contribution in [0.5, 0.6) is 5.75 Å². The van der Waals surface area contributed by atoms with E-state index in [0.29, 0.717) is 16.4 Å². The number of fused-ring (bicyclic) bond motifs is 3. The number of thioether (sulfide) groups is 3. The second kappa shape index (κ2) is 12.7. The largest absolute Gasteiger partial charge is 0.494 e. The molecule has 0 aromatic heterocycles. The van der Waals surface area contributed by atoms with E-state index in [4.69, 9.17) is 14.2 Å². The van der Waals surface area contributed by atoms with Crippen LogP contribution in [0.25, 0.3) is 16.1 Å². The first-order valence-corrected chi connectivity index (χ1v) is 17.5. The lowest BCUT2D eigenvalue weighted by molar-refractivity contribution is -0.138. The van der Waals surface area contributed by atoms with Gasteiger partial charge in [0.05, 0.1) is 25.4 Å². The van der Waals surface area contributed by atoms with Gasteiger partial charge in [-0.15, -0.1) is 0 Å².